The second kappa shape index (κ2) is 11.0. The summed E-state index contributed by atoms with van der Waals surface area (Å²) < 4.78 is 6.05. The number of carbonyl (C=O) groups is 2. The third-order valence-electron chi connectivity index (χ3n) is 5.77. The van der Waals surface area contributed by atoms with E-state index in [4.69, 9.17) is 10.5 Å². The van der Waals surface area contributed by atoms with E-state index >= 15 is 0 Å². The summed E-state index contributed by atoms with van der Waals surface area (Å²) in [5.74, 6) is 0.553. The number of amides is 2. The Labute approximate surface area is 185 Å². The van der Waals surface area contributed by atoms with E-state index in [0.29, 0.717) is 18.6 Å². The third-order valence-corrected chi connectivity index (χ3v) is 5.77. The number of para-hydroxylation sites is 1. The molecule has 0 aliphatic carbocycles. The molecule has 1 fully saturated rings. The third kappa shape index (κ3) is 6.31. The number of hydrogen-bond donors (Lipinski definition) is 1. The van der Waals surface area contributed by atoms with E-state index in [9.17, 15) is 9.59 Å². The molecule has 1 aliphatic heterocycles. The highest BCUT2D eigenvalue weighted by atomic mass is 16.5. The highest BCUT2D eigenvalue weighted by Gasteiger charge is 2.18. The van der Waals surface area contributed by atoms with Crippen molar-refractivity contribution in [3.8, 4) is 16.9 Å². The van der Waals surface area contributed by atoms with Crippen molar-refractivity contribution >= 4 is 11.8 Å². The van der Waals surface area contributed by atoms with Crippen LogP contribution in [0.4, 0.5) is 0 Å². The van der Waals surface area contributed by atoms with Gasteiger partial charge < -0.3 is 20.3 Å². The number of rotatable bonds is 9. The standard InChI is InChI=1S/C25H33N3O3/c1-19-11-12-21(25(26)30)22(18-19)20-8-5-6-9-23(20)31-17-7-3-4-10-24(29)28-15-13-27(2)14-16-28/h5-6,8-9,11-12,18H,3-4,7,10,13-17H2,1-2H3,(H2,26,30). The molecule has 6 nitrogen and oxygen atoms in total. The van der Waals surface area contributed by atoms with Crippen LogP contribution in [-0.2, 0) is 4.79 Å². The van der Waals surface area contributed by atoms with E-state index in [2.05, 4.69) is 11.9 Å². The Hall–Kier alpha value is -2.86. The molecule has 0 saturated carbocycles. The second-order valence-corrected chi connectivity index (χ2v) is 8.25. The molecule has 1 heterocycles. The summed E-state index contributed by atoms with van der Waals surface area (Å²) in [7, 11) is 2.09. The Balaban J connectivity index is 1.50. The first-order chi connectivity index (χ1) is 15.0. The molecular weight excluding hydrogens is 390 g/mol. The zero-order chi connectivity index (χ0) is 22.2. The lowest BCUT2D eigenvalue weighted by Gasteiger charge is -2.32. The first-order valence-corrected chi connectivity index (χ1v) is 11.0. The number of carbonyl (C=O) groups excluding carboxylic acids is 2. The lowest BCUT2D eigenvalue weighted by atomic mass is 9.96. The van der Waals surface area contributed by atoms with E-state index < -0.39 is 5.91 Å². The molecule has 0 aromatic heterocycles. The number of unbranched alkanes of at least 4 members (excludes halogenated alkanes) is 2. The molecular formula is C25H33N3O3. The smallest absolute Gasteiger partial charge is 0.249 e. The SMILES string of the molecule is Cc1ccc(C(N)=O)c(-c2ccccc2OCCCCCC(=O)N2CCN(C)CC2)c1. The van der Waals surface area contributed by atoms with E-state index in [-0.39, 0.29) is 5.91 Å². The van der Waals surface area contributed by atoms with Crippen LogP contribution >= 0.6 is 0 Å². The van der Waals surface area contributed by atoms with Crippen LogP contribution < -0.4 is 10.5 Å². The normalized spacial score (nSPS) is 14.5. The van der Waals surface area contributed by atoms with Gasteiger partial charge in [0, 0.05) is 43.7 Å². The molecule has 0 unspecified atom stereocenters. The first-order valence-electron chi connectivity index (χ1n) is 11.0. The number of likely N-dealkylation sites (N-methyl/N-ethyl adjacent to an activating group) is 1. The fourth-order valence-electron chi connectivity index (χ4n) is 3.86. The van der Waals surface area contributed by atoms with Gasteiger partial charge in [-0.05, 0) is 50.9 Å². The summed E-state index contributed by atoms with van der Waals surface area (Å²) >= 11 is 0. The van der Waals surface area contributed by atoms with Crippen LogP contribution in [0.15, 0.2) is 42.5 Å². The van der Waals surface area contributed by atoms with Gasteiger partial charge >= 0.3 is 0 Å². The van der Waals surface area contributed by atoms with Gasteiger partial charge in [0.1, 0.15) is 5.75 Å². The van der Waals surface area contributed by atoms with Gasteiger partial charge in [0.2, 0.25) is 11.8 Å². The maximum Gasteiger partial charge on any atom is 0.249 e. The van der Waals surface area contributed by atoms with Gasteiger partial charge in [-0.1, -0.05) is 35.9 Å². The summed E-state index contributed by atoms with van der Waals surface area (Å²) in [4.78, 5) is 28.4. The fourth-order valence-corrected chi connectivity index (χ4v) is 3.86. The molecule has 166 valence electrons. The van der Waals surface area contributed by atoms with Crippen LogP contribution in [0, 0.1) is 6.92 Å². The summed E-state index contributed by atoms with van der Waals surface area (Å²) in [6, 6.07) is 13.3. The van der Waals surface area contributed by atoms with Gasteiger partial charge in [-0.2, -0.15) is 0 Å². The molecule has 3 rings (SSSR count). The molecule has 2 N–H and O–H groups in total. The Morgan fingerprint density at radius 2 is 1.71 bits per heavy atom. The van der Waals surface area contributed by atoms with Gasteiger partial charge in [-0.15, -0.1) is 0 Å². The van der Waals surface area contributed by atoms with Gasteiger partial charge in [0.15, 0.2) is 0 Å². The number of hydrogen-bond acceptors (Lipinski definition) is 4. The number of nitrogens with zero attached hydrogens (tertiary/aromatic N) is 2. The van der Waals surface area contributed by atoms with Gasteiger partial charge in [-0.3, -0.25) is 9.59 Å². The first kappa shape index (κ1) is 22.8. The van der Waals surface area contributed by atoms with Crippen molar-refractivity contribution < 1.29 is 14.3 Å². The van der Waals surface area contributed by atoms with E-state index in [1.54, 1.807) is 6.07 Å². The predicted octanol–water partition coefficient (Wildman–Crippen LogP) is 3.47. The van der Waals surface area contributed by atoms with Crippen LogP contribution in [-0.4, -0.2) is 61.4 Å². The highest BCUT2D eigenvalue weighted by molar-refractivity contribution is 6.00. The minimum Gasteiger partial charge on any atom is -0.493 e. The van der Waals surface area contributed by atoms with Crippen LogP contribution in [0.25, 0.3) is 11.1 Å². The largest absolute Gasteiger partial charge is 0.493 e. The van der Waals surface area contributed by atoms with Crippen molar-refractivity contribution in [3.05, 3.63) is 53.6 Å². The lowest BCUT2D eigenvalue weighted by Crippen LogP contribution is -2.47. The topological polar surface area (TPSA) is 75.9 Å². The van der Waals surface area contributed by atoms with Crippen molar-refractivity contribution in [3.63, 3.8) is 0 Å². The van der Waals surface area contributed by atoms with Crippen molar-refractivity contribution in [1.82, 2.24) is 9.80 Å². The minimum atomic E-state index is -0.449. The summed E-state index contributed by atoms with van der Waals surface area (Å²) in [6.07, 6.45) is 3.30. The molecule has 2 aromatic carbocycles. The van der Waals surface area contributed by atoms with Crippen LogP contribution in [0.3, 0.4) is 0 Å². The Morgan fingerprint density at radius 3 is 2.45 bits per heavy atom. The Bertz CT molecular complexity index is 905. The highest BCUT2D eigenvalue weighted by Crippen LogP contribution is 2.33. The molecule has 0 spiro atoms. The molecule has 6 heteroatoms. The second-order valence-electron chi connectivity index (χ2n) is 8.25. The molecule has 0 bridgehead atoms. The number of ether oxygens (including phenoxy) is 1. The average molecular weight is 424 g/mol. The van der Waals surface area contributed by atoms with Gasteiger partial charge in [0.25, 0.3) is 0 Å². The van der Waals surface area contributed by atoms with Crippen molar-refractivity contribution in [2.45, 2.75) is 32.6 Å². The Morgan fingerprint density at radius 1 is 0.968 bits per heavy atom. The molecule has 2 amide bonds. The minimum absolute atomic E-state index is 0.262. The summed E-state index contributed by atoms with van der Waals surface area (Å²) in [6.45, 7) is 6.14. The van der Waals surface area contributed by atoms with E-state index in [0.717, 1.165) is 67.9 Å². The number of aryl methyl sites for hydroxylation is 1. The fraction of sp³-hybridized carbons (Fsp3) is 0.440. The maximum atomic E-state index is 12.3. The van der Waals surface area contributed by atoms with Crippen LogP contribution in [0.1, 0.15) is 41.6 Å². The molecule has 2 aromatic rings. The van der Waals surface area contributed by atoms with Gasteiger partial charge in [-0.25, -0.2) is 0 Å². The van der Waals surface area contributed by atoms with Crippen LogP contribution in [0.5, 0.6) is 5.75 Å². The van der Waals surface area contributed by atoms with E-state index in [1.165, 1.54) is 0 Å². The van der Waals surface area contributed by atoms with Gasteiger partial charge in [0.05, 0.1) is 6.61 Å². The molecule has 31 heavy (non-hydrogen) atoms. The molecule has 0 radical (unpaired) electrons. The zero-order valence-corrected chi connectivity index (χ0v) is 18.6. The van der Waals surface area contributed by atoms with Crippen molar-refractivity contribution in [1.29, 1.82) is 0 Å². The maximum absolute atomic E-state index is 12.3. The number of nitrogens with two attached hydrogens (primary N) is 1. The quantitative estimate of drug-likeness (QED) is 0.627. The average Bonchev–Trinajstić information content (AvgIpc) is 2.76. The van der Waals surface area contributed by atoms with Crippen molar-refractivity contribution in [2.24, 2.45) is 5.73 Å². The van der Waals surface area contributed by atoms with Crippen LogP contribution in [0.2, 0.25) is 0 Å². The zero-order valence-electron chi connectivity index (χ0n) is 18.6. The molecule has 0 atom stereocenters. The molecule has 1 aliphatic rings. The number of benzene rings is 2. The lowest BCUT2D eigenvalue weighted by molar-refractivity contribution is -0.132. The number of piperazine rings is 1. The monoisotopic (exact) mass is 423 g/mol. The number of primary amides is 1. The molecule has 1 saturated heterocycles. The summed E-state index contributed by atoms with van der Waals surface area (Å²) in [5, 5.41) is 0. The summed E-state index contributed by atoms with van der Waals surface area (Å²) in [5.41, 5.74) is 8.78. The Kier molecular flexibility index (Phi) is 8.06. The van der Waals surface area contributed by atoms with E-state index in [1.807, 2.05) is 48.2 Å². The van der Waals surface area contributed by atoms with Crippen molar-refractivity contribution in [2.75, 3.05) is 39.8 Å². The predicted molar refractivity (Wildman–Crippen MR) is 123 cm³/mol.